The Morgan fingerprint density at radius 3 is 2.47 bits per heavy atom. The van der Waals surface area contributed by atoms with Crippen LogP contribution in [0, 0.1) is 0 Å². The van der Waals surface area contributed by atoms with Crippen LogP contribution in [0.5, 0.6) is 5.75 Å². The standard InChI is InChI=1S/C13H10BrClN2O2/c14-8-1-4-10(5-2-8)16-13(19)17-11-7-9(15)3-6-12(11)18/h1-7,18H,(H2,16,17,19). The van der Waals surface area contributed by atoms with Crippen LogP contribution in [0.3, 0.4) is 0 Å². The van der Waals surface area contributed by atoms with Gasteiger partial charge in [-0.15, -0.1) is 0 Å². The quantitative estimate of drug-likeness (QED) is 0.707. The number of carbonyl (C=O) groups is 1. The van der Waals surface area contributed by atoms with E-state index in [0.29, 0.717) is 10.7 Å². The van der Waals surface area contributed by atoms with Crippen molar-refractivity contribution in [3.8, 4) is 5.75 Å². The lowest BCUT2D eigenvalue weighted by Gasteiger charge is -2.09. The van der Waals surface area contributed by atoms with Crippen molar-refractivity contribution in [2.24, 2.45) is 0 Å². The molecule has 2 aromatic carbocycles. The number of aromatic hydroxyl groups is 1. The van der Waals surface area contributed by atoms with E-state index in [-0.39, 0.29) is 11.4 Å². The molecule has 0 heterocycles. The first-order valence-electron chi connectivity index (χ1n) is 5.37. The summed E-state index contributed by atoms with van der Waals surface area (Å²) in [5.41, 5.74) is 0.893. The molecule has 3 N–H and O–H groups in total. The molecule has 0 saturated carbocycles. The van der Waals surface area contributed by atoms with Gasteiger partial charge in [-0.25, -0.2) is 4.79 Å². The van der Waals surface area contributed by atoms with E-state index in [1.807, 2.05) is 12.1 Å². The molecule has 19 heavy (non-hydrogen) atoms. The maximum atomic E-state index is 11.7. The molecule has 0 atom stereocenters. The zero-order valence-electron chi connectivity index (χ0n) is 9.65. The fourth-order valence-electron chi connectivity index (χ4n) is 1.43. The van der Waals surface area contributed by atoms with Crippen LogP contribution in [0.4, 0.5) is 16.2 Å². The molecule has 0 spiro atoms. The summed E-state index contributed by atoms with van der Waals surface area (Å²) in [5.74, 6) is -0.0460. The summed E-state index contributed by atoms with van der Waals surface area (Å²) >= 11 is 9.10. The molecule has 6 heteroatoms. The molecule has 2 amide bonds. The largest absolute Gasteiger partial charge is 0.506 e. The maximum absolute atomic E-state index is 11.7. The smallest absolute Gasteiger partial charge is 0.323 e. The minimum Gasteiger partial charge on any atom is -0.506 e. The molecule has 0 unspecified atom stereocenters. The van der Waals surface area contributed by atoms with Gasteiger partial charge in [0.25, 0.3) is 0 Å². The third kappa shape index (κ3) is 3.87. The maximum Gasteiger partial charge on any atom is 0.323 e. The van der Waals surface area contributed by atoms with Crippen LogP contribution in [-0.2, 0) is 0 Å². The van der Waals surface area contributed by atoms with Crippen LogP contribution in [0.1, 0.15) is 0 Å². The van der Waals surface area contributed by atoms with Crippen LogP contribution >= 0.6 is 27.5 Å². The van der Waals surface area contributed by atoms with Crippen molar-refractivity contribution in [1.29, 1.82) is 0 Å². The Kier molecular flexibility index (Phi) is 4.29. The van der Waals surface area contributed by atoms with Gasteiger partial charge in [-0.2, -0.15) is 0 Å². The second-order valence-corrected chi connectivity index (χ2v) is 5.10. The third-order valence-electron chi connectivity index (χ3n) is 2.31. The van der Waals surface area contributed by atoms with E-state index < -0.39 is 6.03 Å². The summed E-state index contributed by atoms with van der Waals surface area (Å²) in [6, 6.07) is 11.1. The Balaban J connectivity index is 2.05. The molecule has 0 aromatic heterocycles. The highest BCUT2D eigenvalue weighted by Crippen LogP contribution is 2.26. The second-order valence-electron chi connectivity index (χ2n) is 3.75. The number of urea groups is 1. The molecule has 0 aliphatic heterocycles. The average molecular weight is 342 g/mol. The number of phenolic OH excluding ortho intramolecular Hbond substituents is 1. The average Bonchev–Trinajstić information content (AvgIpc) is 2.37. The fraction of sp³-hybridized carbons (Fsp3) is 0. The molecule has 2 aromatic rings. The molecule has 0 aliphatic rings. The van der Waals surface area contributed by atoms with E-state index in [9.17, 15) is 9.90 Å². The Morgan fingerprint density at radius 2 is 1.79 bits per heavy atom. The summed E-state index contributed by atoms with van der Waals surface area (Å²) < 4.78 is 0.922. The van der Waals surface area contributed by atoms with Crippen LogP contribution < -0.4 is 10.6 Å². The zero-order chi connectivity index (χ0) is 13.8. The van der Waals surface area contributed by atoms with Crippen molar-refractivity contribution in [3.63, 3.8) is 0 Å². The van der Waals surface area contributed by atoms with Crippen LogP contribution in [0.25, 0.3) is 0 Å². The van der Waals surface area contributed by atoms with E-state index in [4.69, 9.17) is 11.6 Å². The number of rotatable bonds is 2. The van der Waals surface area contributed by atoms with Gasteiger partial charge in [0.1, 0.15) is 5.75 Å². The summed E-state index contributed by atoms with van der Waals surface area (Å²) in [7, 11) is 0. The van der Waals surface area contributed by atoms with Gasteiger partial charge in [0.05, 0.1) is 5.69 Å². The molecule has 4 nitrogen and oxygen atoms in total. The summed E-state index contributed by atoms with van der Waals surface area (Å²) in [4.78, 5) is 11.7. The lowest BCUT2D eigenvalue weighted by atomic mass is 10.3. The number of phenols is 1. The molecule has 0 bridgehead atoms. The molecular formula is C13H10BrClN2O2. The van der Waals surface area contributed by atoms with Crippen LogP contribution in [-0.4, -0.2) is 11.1 Å². The first kappa shape index (κ1) is 13.7. The number of benzene rings is 2. The number of hydrogen-bond acceptors (Lipinski definition) is 2. The van der Waals surface area contributed by atoms with Crippen molar-refractivity contribution < 1.29 is 9.90 Å². The Bertz CT molecular complexity index is 602. The second kappa shape index (κ2) is 5.95. The van der Waals surface area contributed by atoms with Gasteiger partial charge in [0, 0.05) is 15.2 Å². The van der Waals surface area contributed by atoms with Gasteiger partial charge < -0.3 is 15.7 Å². The highest BCUT2D eigenvalue weighted by Gasteiger charge is 2.07. The van der Waals surface area contributed by atoms with Crippen molar-refractivity contribution in [3.05, 3.63) is 52.0 Å². The zero-order valence-corrected chi connectivity index (χ0v) is 12.0. The van der Waals surface area contributed by atoms with Crippen molar-refractivity contribution >= 4 is 44.9 Å². The molecule has 0 aliphatic carbocycles. The van der Waals surface area contributed by atoms with Crippen LogP contribution in [0.15, 0.2) is 46.9 Å². The first-order valence-corrected chi connectivity index (χ1v) is 6.54. The monoisotopic (exact) mass is 340 g/mol. The van der Waals surface area contributed by atoms with Gasteiger partial charge in [0.2, 0.25) is 0 Å². The fourth-order valence-corrected chi connectivity index (χ4v) is 1.86. The van der Waals surface area contributed by atoms with Crippen LogP contribution in [0.2, 0.25) is 5.02 Å². The normalized spacial score (nSPS) is 10.0. The van der Waals surface area contributed by atoms with Gasteiger partial charge in [0.15, 0.2) is 0 Å². The van der Waals surface area contributed by atoms with Gasteiger partial charge in [-0.3, -0.25) is 0 Å². The van der Waals surface area contributed by atoms with E-state index >= 15 is 0 Å². The Hall–Kier alpha value is -1.72. The third-order valence-corrected chi connectivity index (χ3v) is 3.07. The molecule has 2 rings (SSSR count). The van der Waals surface area contributed by atoms with E-state index in [1.54, 1.807) is 12.1 Å². The number of carbonyl (C=O) groups excluding carboxylic acids is 1. The summed E-state index contributed by atoms with van der Waals surface area (Å²) in [5, 5.41) is 15.2. The number of anilines is 2. The minimum atomic E-state index is -0.458. The van der Waals surface area contributed by atoms with Gasteiger partial charge >= 0.3 is 6.03 Å². The predicted molar refractivity (Wildman–Crippen MR) is 79.9 cm³/mol. The summed E-state index contributed by atoms with van der Waals surface area (Å²) in [6.45, 7) is 0. The lowest BCUT2D eigenvalue weighted by molar-refractivity contribution is 0.262. The SMILES string of the molecule is O=C(Nc1ccc(Br)cc1)Nc1cc(Cl)ccc1O. The Labute approximate surface area is 123 Å². The van der Waals surface area contributed by atoms with Gasteiger partial charge in [-0.1, -0.05) is 27.5 Å². The minimum absolute atomic E-state index is 0.0460. The lowest BCUT2D eigenvalue weighted by Crippen LogP contribution is -2.19. The number of hydrogen-bond donors (Lipinski definition) is 3. The molecular weight excluding hydrogens is 332 g/mol. The number of amides is 2. The van der Waals surface area contributed by atoms with E-state index in [0.717, 1.165) is 4.47 Å². The van der Waals surface area contributed by atoms with E-state index in [1.165, 1.54) is 18.2 Å². The highest BCUT2D eigenvalue weighted by atomic mass is 79.9. The van der Waals surface area contributed by atoms with Crippen molar-refractivity contribution in [2.75, 3.05) is 10.6 Å². The number of nitrogens with one attached hydrogen (secondary N) is 2. The van der Waals surface area contributed by atoms with Crippen molar-refractivity contribution in [2.45, 2.75) is 0 Å². The van der Waals surface area contributed by atoms with E-state index in [2.05, 4.69) is 26.6 Å². The topological polar surface area (TPSA) is 61.4 Å². The Morgan fingerprint density at radius 1 is 1.11 bits per heavy atom. The van der Waals surface area contributed by atoms with Crippen molar-refractivity contribution in [1.82, 2.24) is 0 Å². The predicted octanol–water partition coefficient (Wildman–Crippen LogP) is 4.45. The van der Waals surface area contributed by atoms with Gasteiger partial charge in [-0.05, 0) is 42.5 Å². The molecule has 0 saturated heterocycles. The first-order chi connectivity index (χ1) is 9.04. The summed E-state index contributed by atoms with van der Waals surface area (Å²) in [6.07, 6.45) is 0. The highest BCUT2D eigenvalue weighted by molar-refractivity contribution is 9.10. The molecule has 0 fully saturated rings. The molecule has 0 radical (unpaired) electrons. The number of halogens is 2. The molecule has 98 valence electrons.